The lowest BCUT2D eigenvalue weighted by molar-refractivity contribution is -0.140. The molecule has 65 heavy (non-hydrogen) atoms. The number of hydrogen-bond donors (Lipinski definition) is 3. The first-order valence-corrected chi connectivity index (χ1v) is 25.6. The van der Waals surface area contributed by atoms with E-state index in [1.165, 1.54) is 27.4 Å². The van der Waals surface area contributed by atoms with Gasteiger partial charge in [0.05, 0.1) is 16.7 Å². The standard InChI is InChI=1S/C51H68N6O7S/c1-3-5-7-9-16-26-47(58)57-29-19-28-56(35-46(57)50(61)52-27-17-8-6-4-2)65(63,64)39-25-18-24-38(30-39)51(62)55-33-42(48(59)53-44-31-40(44)36-20-12-10-13-21-36)43(34-55)49(60)54-45-32-41(45)37-22-14-11-15-23-37/h10-15,18,20-25,30,40-46H,3-9,16-17,19,26-29,31-35H2,1-2H3,(H,52,61)(H,53,59)(H,54,60)/t40-,41-,42?,43?,44+,45+,46?/m1/s1. The van der Waals surface area contributed by atoms with Gasteiger partial charge >= 0.3 is 0 Å². The Hall–Kier alpha value is -5.08. The van der Waals surface area contributed by atoms with E-state index >= 15 is 0 Å². The molecular weight excluding hydrogens is 841 g/mol. The number of benzene rings is 3. The number of rotatable bonds is 21. The van der Waals surface area contributed by atoms with Crippen molar-refractivity contribution in [3.05, 3.63) is 102 Å². The molecule has 5 amide bonds. The van der Waals surface area contributed by atoms with Crippen LogP contribution in [0.3, 0.4) is 0 Å². The fourth-order valence-corrected chi connectivity index (χ4v) is 11.2. The lowest BCUT2D eigenvalue weighted by Crippen LogP contribution is -2.53. The van der Waals surface area contributed by atoms with E-state index in [1.807, 2.05) is 60.7 Å². The van der Waals surface area contributed by atoms with Crippen LogP contribution < -0.4 is 16.0 Å². The van der Waals surface area contributed by atoms with Gasteiger partial charge in [0, 0.05) is 75.2 Å². The van der Waals surface area contributed by atoms with E-state index in [2.05, 4.69) is 29.8 Å². The molecule has 3 aromatic rings. The van der Waals surface area contributed by atoms with Gasteiger partial charge in [0.15, 0.2) is 0 Å². The Balaban J connectivity index is 1.05. The fourth-order valence-electron chi connectivity index (χ4n) is 9.65. The lowest BCUT2D eigenvalue weighted by atomic mass is 9.94. The van der Waals surface area contributed by atoms with Gasteiger partial charge in [-0.1, -0.05) is 126 Å². The molecule has 3 unspecified atom stereocenters. The van der Waals surface area contributed by atoms with E-state index in [9.17, 15) is 32.4 Å². The third-order valence-corrected chi connectivity index (χ3v) is 15.6. The zero-order valence-electron chi connectivity index (χ0n) is 38.2. The molecule has 7 rings (SSSR count). The SMILES string of the molecule is CCCCCCCC(=O)N1CCCN(S(=O)(=O)c2cccc(C(=O)N3CC(C(=O)N[C@H]4C[C@@H]4c4ccccc4)C(C(=O)N[C@H]4C[C@@H]4c4ccccc4)C3)c2)CC1C(=O)NCCCCCC. The molecule has 350 valence electrons. The number of nitrogens with zero attached hydrogens (tertiary/aromatic N) is 3. The molecule has 7 atom stereocenters. The predicted molar refractivity (Wildman–Crippen MR) is 250 cm³/mol. The molecule has 0 radical (unpaired) electrons. The summed E-state index contributed by atoms with van der Waals surface area (Å²) in [6, 6.07) is 24.7. The average Bonchev–Trinajstić information content (AvgIpc) is 4.24. The normalized spacial score (nSPS) is 24.2. The highest BCUT2D eigenvalue weighted by Crippen LogP contribution is 2.43. The maximum Gasteiger partial charge on any atom is 0.253 e. The third kappa shape index (κ3) is 12.2. The van der Waals surface area contributed by atoms with Crippen LogP contribution in [0.5, 0.6) is 0 Å². The van der Waals surface area contributed by atoms with Crippen molar-refractivity contribution < 1.29 is 32.4 Å². The predicted octanol–water partition coefficient (Wildman–Crippen LogP) is 6.37. The maximum absolute atomic E-state index is 14.5. The number of nitrogens with one attached hydrogen (secondary N) is 3. The zero-order chi connectivity index (χ0) is 45.9. The Morgan fingerprint density at radius 2 is 1.20 bits per heavy atom. The van der Waals surface area contributed by atoms with Gasteiger partial charge in [0.25, 0.3) is 5.91 Å². The van der Waals surface area contributed by atoms with E-state index in [1.54, 1.807) is 11.0 Å². The number of carbonyl (C=O) groups excluding carboxylic acids is 5. The lowest BCUT2D eigenvalue weighted by Gasteiger charge is -2.31. The zero-order valence-corrected chi connectivity index (χ0v) is 39.0. The number of likely N-dealkylation sites (tertiary alicyclic amines) is 1. The quantitative estimate of drug-likeness (QED) is 0.105. The summed E-state index contributed by atoms with van der Waals surface area (Å²) < 4.78 is 30.3. The van der Waals surface area contributed by atoms with Crippen LogP contribution in [0.2, 0.25) is 0 Å². The van der Waals surface area contributed by atoms with Gasteiger partial charge in [-0.05, 0) is 61.4 Å². The molecule has 14 heteroatoms. The van der Waals surface area contributed by atoms with Gasteiger partial charge in [-0.15, -0.1) is 0 Å². The first kappa shape index (κ1) is 47.9. The molecular formula is C51H68N6O7S. The number of carbonyl (C=O) groups is 5. The van der Waals surface area contributed by atoms with Crippen molar-refractivity contribution in [3.8, 4) is 0 Å². The molecule has 2 heterocycles. The number of sulfonamides is 1. The largest absolute Gasteiger partial charge is 0.354 e. The Kier molecular flexibility index (Phi) is 16.5. The van der Waals surface area contributed by atoms with Crippen molar-refractivity contribution in [3.63, 3.8) is 0 Å². The Morgan fingerprint density at radius 1 is 0.631 bits per heavy atom. The summed E-state index contributed by atoms with van der Waals surface area (Å²) in [5.74, 6) is -2.79. The minimum absolute atomic E-state index is 0.000929. The van der Waals surface area contributed by atoms with Crippen molar-refractivity contribution in [1.29, 1.82) is 0 Å². The molecule has 0 bridgehead atoms. The van der Waals surface area contributed by atoms with Crippen LogP contribution in [0.4, 0.5) is 0 Å². The monoisotopic (exact) mass is 908 g/mol. The summed E-state index contributed by atoms with van der Waals surface area (Å²) in [5, 5.41) is 9.31. The second-order valence-corrected chi connectivity index (χ2v) is 20.5. The summed E-state index contributed by atoms with van der Waals surface area (Å²) >= 11 is 0. The summed E-state index contributed by atoms with van der Waals surface area (Å²) in [7, 11) is -4.24. The Morgan fingerprint density at radius 3 is 1.78 bits per heavy atom. The molecule has 13 nitrogen and oxygen atoms in total. The first-order valence-electron chi connectivity index (χ1n) is 24.2. The summed E-state index contributed by atoms with van der Waals surface area (Å²) in [5.41, 5.74) is 2.39. The Bertz CT molecular complexity index is 2150. The summed E-state index contributed by atoms with van der Waals surface area (Å²) in [6.07, 6.45) is 10.9. The topological polar surface area (TPSA) is 165 Å². The summed E-state index contributed by atoms with van der Waals surface area (Å²) in [6.45, 7) is 4.83. The maximum atomic E-state index is 14.5. The van der Waals surface area contributed by atoms with Gasteiger partial charge < -0.3 is 25.8 Å². The van der Waals surface area contributed by atoms with E-state index in [4.69, 9.17) is 0 Å². The van der Waals surface area contributed by atoms with E-state index in [-0.39, 0.29) is 90.7 Å². The van der Waals surface area contributed by atoms with Crippen molar-refractivity contribution in [2.45, 2.75) is 132 Å². The minimum Gasteiger partial charge on any atom is -0.354 e. The molecule has 2 saturated heterocycles. The third-order valence-electron chi connectivity index (χ3n) is 13.7. The average molecular weight is 909 g/mol. The molecule has 2 saturated carbocycles. The van der Waals surface area contributed by atoms with Crippen LogP contribution in [-0.2, 0) is 29.2 Å². The molecule has 2 aliphatic heterocycles. The van der Waals surface area contributed by atoms with Gasteiger partial charge in [0.1, 0.15) is 6.04 Å². The number of amides is 5. The minimum atomic E-state index is -4.24. The van der Waals surface area contributed by atoms with Crippen LogP contribution >= 0.6 is 0 Å². The van der Waals surface area contributed by atoms with Crippen molar-refractivity contribution >= 4 is 39.6 Å². The molecule has 3 aromatic carbocycles. The van der Waals surface area contributed by atoms with Crippen molar-refractivity contribution in [2.75, 3.05) is 39.3 Å². The van der Waals surface area contributed by atoms with Crippen LogP contribution in [0.1, 0.15) is 131 Å². The van der Waals surface area contributed by atoms with Crippen LogP contribution in [0.15, 0.2) is 89.8 Å². The molecule has 0 aromatic heterocycles. The number of hydrogen-bond acceptors (Lipinski definition) is 7. The highest BCUT2D eigenvalue weighted by atomic mass is 32.2. The molecule has 0 spiro atoms. The van der Waals surface area contributed by atoms with Crippen LogP contribution in [0, 0.1) is 11.8 Å². The first-order chi connectivity index (χ1) is 31.5. The van der Waals surface area contributed by atoms with Crippen LogP contribution in [0.25, 0.3) is 0 Å². The molecule has 4 fully saturated rings. The van der Waals surface area contributed by atoms with Crippen molar-refractivity contribution in [2.24, 2.45) is 11.8 Å². The van der Waals surface area contributed by atoms with E-state index in [0.29, 0.717) is 25.8 Å². The smallest absolute Gasteiger partial charge is 0.253 e. The second-order valence-electron chi connectivity index (χ2n) is 18.5. The highest BCUT2D eigenvalue weighted by Gasteiger charge is 2.49. The van der Waals surface area contributed by atoms with Gasteiger partial charge in [-0.2, -0.15) is 4.31 Å². The summed E-state index contributed by atoms with van der Waals surface area (Å²) in [4.78, 5) is 72.8. The van der Waals surface area contributed by atoms with Gasteiger partial charge in [-0.3, -0.25) is 24.0 Å². The van der Waals surface area contributed by atoms with Gasteiger partial charge in [0.2, 0.25) is 33.7 Å². The fraction of sp³-hybridized carbons (Fsp3) is 0.549. The number of unbranched alkanes of at least 4 members (excludes halogenated alkanes) is 7. The Labute approximate surface area is 385 Å². The second kappa shape index (κ2) is 22.4. The molecule has 2 aliphatic carbocycles. The van der Waals surface area contributed by atoms with E-state index < -0.39 is 33.8 Å². The van der Waals surface area contributed by atoms with Gasteiger partial charge in [-0.25, -0.2) is 8.42 Å². The van der Waals surface area contributed by atoms with Crippen LogP contribution in [-0.4, -0.2) is 109 Å². The molecule has 4 aliphatic rings. The van der Waals surface area contributed by atoms with Crippen molar-refractivity contribution in [1.82, 2.24) is 30.1 Å². The highest BCUT2D eigenvalue weighted by molar-refractivity contribution is 7.89. The van der Waals surface area contributed by atoms with E-state index in [0.717, 1.165) is 75.3 Å². The molecule has 3 N–H and O–H groups in total.